The minimum atomic E-state index is 0.621. The molecule has 4 heteroatoms. The lowest BCUT2D eigenvalue weighted by atomic mass is 10.3. The van der Waals surface area contributed by atoms with E-state index in [9.17, 15) is 0 Å². The van der Waals surface area contributed by atoms with Gasteiger partial charge in [-0.2, -0.15) is 0 Å². The van der Waals surface area contributed by atoms with Crippen LogP contribution in [-0.4, -0.2) is 22.0 Å². The second-order valence-corrected chi connectivity index (χ2v) is 2.38. The van der Waals surface area contributed by atoms with E-state index in [-0.39, 0.29) is 0 Å². The SMILES string of the molecule is CNc1ncc2ccncc2n1. The van der Waals surface area contributed by atoms with E-state index in [1.54, 1.807) is 25.6 Å². The summed E-state index contributed by atoms with van der Waals surface area (Å²) in [7, 11) is 1.79. The van der Waals surface area contributed by atoms with Crippen molar-refractivity contribution >= 4 is 16.9 Å². The molecule has 2 aromatic heterocycles. The fraction of sp³-hybridized carbons (Fsp3) is 0.125. The lowest BCUT2D eigenvalue weighted by Gasteiger charge is -1.98. The standard InChI is InChI=1S/C8H8N4/c1-9-8-11-4-6-2-3-10-5-7(6)12-8/h2-5H,1H3,(H,9,11,12). The molecule has 0 aliphatic carbocycles. The summed E-state index contributed by atoms with van der Waals surface area (Å²) in [5, 5.41) is 3.87. The van der Waals surface area contributed by atoms with Gasteiger partial charge in [0.15, 0.2) is 0 Å². The van der Waals surface area contributed by atoms with Crippen molar-refractivity contribution in [3.05, 3.63) is 24.7 Å². The van der Waals surface area contributed by atoms with E-state index in [2.05, 4.69) is 20.3 Å². The molecule has 0 bridgehead atoms. The highest BCUT2D eigenvalue weighted by Gasteiger charge is 1.95. The van der Waals surface area contributed by atoms with Crippen LogP contribution in [0.3, 0.4) is 0 Å². The van der Waals surface area contributed by atoms with Gasteiger partial charge in [-0.1, -0.05) is 0 Å². The molecule has 12 heavy (non-hydrogen) atoms. The van der Waals surface area contributed by atoms with Gasteiger partial charge in [-0.15, -0.1) is 0 Å². The number of pyridine rings is 1. The highest BCUT2D eigenvalue weighted by molar-refractivity contribution is 5.77. The first kappa shape index (κ1) is 6.97. The maximum atomic E-state index is 4.21. The van der Waals surface area contributed by atoms with Crippen molar-refractivity contribution in [3.63, 3.8) is 0 Å². The second kappa shape index (κ2) is 2.73. The molecule has 0 aromatic carbocycles. The Morgan fingerprint density at radius 1 is 1.33 bits per heavy atom. The zero-order valence-corrected chi connectivity index (χ0v) is 6.65. The Hall–Kier alpha value is -1.71. The number of rotatable bonds is 1. The summed E-state index contributed by atoms with van der Waals surface area (Å²) < 4.78 is 0. The van der Waals surface area contributed by atoms with Crippen LogP contribution in [0.4, 0.5) is 5.95 Å². The largest absolute Gasteiger partial charge is 0.357 e. The molecule has 0 radical (unpaired) electrons. The van der Waals surface area contributed by atoms with Crippen LogP contribution in [0.2, 0.25) is 0 Å². The molecular formula is C8H8N4. The van der Waals surface area contributed by atoms with Crippen LogP contribution in [0.15, 0.2) is 24.7 Å². The van der Waals surface area contributed by atoms with Crippen LogP contribution in [0.1, 0.15) is 0 Å². The van der Waals surface area contributed by atoms with E-state index in [0.29, 0.717) is 5.95 Å². The van der Waals surface area contributed by atoms with Gasteiger partial charge >= 0.3 is 0 Å². The number of aromatic nitrogens is 3. The Kier molecular flexibility index (Phi) is 1.59. The fourth-order valence-corrected chi connectivity index (χ4v) is 0.994. The number of nitrogens with zero attached hydrogens (tertiary/aromatic N) is 3. The predicted octanol–water partition coefficient (Wildman–Crippen LogP) is 1.07. The van der Waals surface area contributed by atoms with E-state index in [0.717, 1.165) is 10.9 Å². The number of fused-ring (bicyclic) bond motifs is 1. The Bertz CT molecular complexity index is 399. The quantitative estimate of drug-likeness (QED) is 0.677. The van der Waals surface area contributed by atoms with E-state index < -0.39 is 0 Å². The van der Waals surface area contributed by atoms with Gasteiger partial charge in [-0.05, 0) is 6.07 Å². The molecule has 2 aromatic rings. The fourth-order valence-electron chi connectivity index (χ4n) is 0.994. The Labute approximate surface area is 69.7 Å². The molecule has 0 saturated carbocycles. The molecule has 0 aliphatic heterocycles. The summed E-state index contributed by atoms with van der Waals surface area (Å²) in [4.78, 5) is 12.3. The number of nitrogens with one attached hydrogen (secondary N) is 1. The van der Waals surface area contributed by atoms with Crippen LogP contribution >= 0.6 is 0 Å². The van der Waals surface area contributed by atoms with Gasteiger partial charge in [-0.25, -0.2) is 9.97 Å². The molecule has 2 rings (SSSR count). The molecule has 2 heterocycles. The molecule has 60 valence electrons. The lowest BCUT2D eigenvalue weighted by Crippen LogP contribution is -1.95. The summed E-state index contributed by atoms with van der Waals surface area (Å²) in [5.74, 6) is 0.621. The molecule has 0 saturated heterocycles. The Morgan fingerprint density at radius 2 is 2.25 bits per heavy atom. The summed E-state index contributed by atoms with van der Waals surface area (Å²) in [6, 6.07) is 1.88. The van der Waals surface area contributed by atoms with Crippen molar-refractivity contribution in [1.82, 2.24) is 15.0 Å². The molecule has 4 nitrogen and oxygen atoms in total. The zero-order chi connectivity index (χ0) is 8.39. The minimum absolute atomic E-state index is 0.621. The molecular weight excluding hydrogens is 152 g/mol. The van der Waals surface area contributed by atoms with Gasteiger partial charge < -0.3 is 5.32 Å². The number of anilines is 1. The van der Waals surface area contributed by atoms with E-state index in [1.165, 1.54) is 0 Å². The topological polar surface area (TPSA) is 50.7 Å². The normalized spacial score (nSPS) is 10.1. The minimum Gasteiger partial charge on any atom is -0.357 e. The summed E-state index contributed by atoms with van der Waals surface area (Å²) >= 11 is 0. The van der Waals surface area contributed by atoms with Crippen LogP contribution in [0.25, 0.3) is 10.9 Å². The molecule has 0 amide bonds. The molecule has 1 N–H and O–H groups in total. The van der Waals surface area contributed by atoms with Crippen molar-refractivity contribution in [2.75, 3.05) is 12.4 Å². The van der Waals surface area contributed by atoms with Crippen LogP contribution in [0.5, 0.6) is 0 Å². The average molecular weight is 160 g/mol. The molecule has 0 aliphatic rings. The summed E-state index contributed by atoms with van der Waals surface area (Å²) in [6.45, 7) is 0. The van der Waals surface area contributed by atoms with Crippen molar-refractivity contribution in [2.24, 2.45) is 0 Å². The zero-order valence-electron chi connectivity index (χ0n) is 6.65. The monoisotopic (exact) mass is 160 g/mol. The van der Waals surface area contributed by atoms with Crippen LogP contribution in [-0.2, 0) is 0 Å². The first-order valence-corrected chi connectivity index (χ1v) is 3.64. The third-order valence-electron chi connectivity index (χ3n) is 1.61. The maximum absolute atomic E-state index is 4.21. The van der Waals surface area contributed by atoms with Crippen molar-refractivity contribution < 1.29 is 0 Å². The van der Waals surface area contributed by atoms with Crippen molar-refractivity contribution in [1.29, 1.82) is 0 Å². The van der Waals surface area contributed by atoms with E-state index in [4.69, 9.17) is 0 Å². The predicted molar refractivity (Wildman–Crippen MR) is 46.9 cm³/mol. The molecule has 0 spiro atoms. The molecule has 0 unspecified atom stereocenters. The lowest BCUT2D eigenvalue weighted by molar-refractivity contribution is 1.18. The summed E-state index contributed by atoms with van der Waals surface area (Å²) in [6.07, 6.45) is 5.22. The van der Waals surface area contributed by atoms with E-state index >= 15 is 0 Å². The highest BCUT2D eigenvalue weighted by Crippen LogP contribution is 2.09. The number of hydrogen-bond acceptors (Lipinski definition) is 4. The summed E-state index contributed by atoms with van der Waals surface area (Å²) in [5.41, 5.74) is 0.858. The van der Waals surface area contributed by atoms with Crippen molar-refractivity contribution in [2.45, 2.75) is 0 Å². The second-order valence-electron chi connectivity index (χ2n) is 2.38. The maximum Gasteiger partial charge on any atom is 0.223 e. The third kappa shape index (κ3) is 1.07. The first-order chi connectivity index (χ1) is 5.90. The van der Waals surface area contributed by atoms with Crippen molar-refractivity contribution in [3.8, 4) is 0 Å². The van der Waals surface area contributed by atoms with Gasteiger partial charge in [0, 0.05) is 24.8 Å². The van der Waals surface area contributed by atoms with Gasteiger partial charge in [0.25, 0.3) is 0 Å². The van der Waals surface area contributed by atoms with Crippen LogP contribution in [0, 0.1) is 0 Å². The van der Waals surface area contributed by atoms with E-state index in [1.807, 2.05) is 6.07 Å². The van der Waals surface area contributed by atoms with Gasteiger partial charge in [0.1, 0.15) is 0 Å². The smallest absolute Gasteiger partial charge is 0.223 e. The van der Waals surface area contributed by atoms with Gasteiger partial charge in [0.05, 0.1) is 11.7 Å². The number of hydrogen-bond donors (Lipinski definition) is 1. The Morgan fingerprint density at radius 3 is 3.08 bits per heavy atom. The molecule has 0 atom stereocenters. The molecule has 0 fully saturated rings. The Balaban J connectivity index is 2.67. The van der Waals surface area contributed by atoms with Gasteiger partial charge in [-0.3, -0.25) is 4.98 Å². The highest BCUT2D eigenvalue weighted by atomic mass is 15.1. The first-order valence-electron chi connectivity index (χ1n) is 3.64. The van der Waals surface area contributed by atoms with Gasteiger partial charge in [0.2, 0.25) is 5.95 Å². The van der Waals surface area contributed by atoms with Crippen LogP contribution < -0.4 is 5.32 Å². The third-order valence-corrected chi connectivity index (χ3v) is 1.61. The average Bonchev–Trinajstić information content (AvgIpc) is 2.17.